The second-order valence-electron chi connectivity index (χ2n) is 6.42. The van der Waals surface area contributed by atoms with Gasteiger partial charge in [0.1, 0.15) is 0 Å². The van der Waals surface area contributed by atoms with Gasteiger partial charge in [0.2, 0.25) is 0 Å². The van der Waals surface area contributed by atoms with E-state index in [4.69, 9.17) is 0 Å². The van der Waals surface area contributed by atoms with Gasteiger partial charge in [0.15, 0.2) is 0 Å². The van der Waals surface area contributed by atoms with Crippen molar-refractivity contribution < 1.29 is 14.7 Å². The van der Waals surface area contributed by atoms with Gasteiger partial charge in [-0.3, -0.25) is 14.3 Å². The Kier molecular flexibility index (Phi) is 4.13. The monoisotopic (exact) mass is 331 g/mol. The summed E-state index contributed by atoms with van der Waals surface area (Å²) in [5, 5.41) is 17.2. The molecule has 1 aliphatic rings. The molecule has 1 amide bonds. The molecule has 0 radical (unpaired) electrons. The summed E-state index contributed by atoms with van der Waals surface area (Å²) >= 11 is 0. The minimum absolute atomic E-state index is 0.0127. The summed E-state index contributed by atoms with van der Waals surface area (Å²) in [6, 6.07) is 1.81. The molecular weight excluding hydrogens is 310 g/mol. The van der Waals surface area contributed by atoms with Gasteiger partial charge in [-0.2, -0.15) is 0 Å². The van der Waals surface area contributed by atoms with Crippen LogP contribution in [0.15, 0.2) is 18.5 Å². The average Bonchev–Trinajstić information content (AvgIpc) is 3.19. The Labute approximate surface area is 139 Å². The average molecular weight is 331 g/mol. The molecule has 0 saturated carbocycles. The zero-order chi connectivity index (χ0) is 17.4. The maximum Gasteiger partial charge on any atom is 0.303 e. The van der Waals surface area contributed by atoms with Gasteiger partial charge in [-0.25, -0.2) is 0 Å². The summed E-state index contributed by atoms with van der Waals surface area (Å²) in [6.07, 6.45) is 3.66. The first-order valence-electron chi connectivity index (χ1n) is 7.86. The van der Waals surface area contributed by atoms with Crippen molar-refractivity contribution in [3.8, 4) is 0 Å². The summed E-state index contributed by atoms with van der Waals surface area (Å²) in [6.45, 7) is 2.78. The van der Waals surface area contributed by atoms with Crippen molar-refractivity contribution in [2.45, 2.75) is 19.3 Å². The third-order valence-corrected chi connectivity index (χ3v) is 4.78. The highest BCUT2D eigenvalue weighted by Crippen LogP contribution is 2.34. The van der Waals surface area contributed by atoms with E-state index < -0.39 is 5.97 Å². The lowest BCUT2D eigenvalue weighted by Crippen LogP contribution is -2.29. The Bertz CT molecular complexity index is 779. The Morgan fingerprint density at radius 1 is 1.33 bits per heavy atom. The SMILES string of the molecule is Cc1c(C(=O)N2C[C@@H](CC(=O)O)[C@@H](c3cn(C)nn3)C2)ccn1C. The number of nitrogens with zero attached hydrogens (tertiary/aromatic N) is 5. The lowest BCUT2D eigenvalue weighted by atomic mass is 9.91. The van der Waals surface area contributed by atoms with Crippen LogP contribution in [0.5, 0.6) is 0 Å². The number of hydrogen-bond acceptors (Lipinski definition) is 4. The van der Waals surface area contributed by atoms with Crippen LogP contribution in [0.1, 0.15) is 34.1 Å². The fourth-order valence-corrected chi connectivity index (χ4v) is 3.34. The highest BCUT2D eigenvalue weighted by Gasteiger charge is 2.39. The quantitative estimate of drug-likeness (QED) is 0.894. The fourth-order valence-electron chi connectivity index (χ4n) is 3.34. The van der Waals surface area contributed by atoms with Gasteiger partial charge in [-0.1, -0.05) is 5.21 Å². The number of rotatable bonds is 4. The van der Waals surface area contributed by atoms with E-state index in [0.717, 1.165) is 11.4 Å². The zero-order valence-electron chi connectivity index (χ0n) is 14.0. The molecule has 24 heavy (non-hydrogen) atoms. The van der Waals surface area contributed by atoms with Gasteiger partial charge in [0.25, 0.3) is 5.91 Å². The second kappa shape index (κ2) is 6.10. The van der Waals surface area contributed by atoms with Crippen LogP contribution in [0.3, 0.4) is 0 Å². The largest absolute Gasteiger partial charge is 0.481 e. The van der Waals surface area contributed by atoms with Gasteiger partial charge >= 0.3 is 5.97 Å². The number of carbonyl (C=O) groups is 2. The van der Waals surface area contributed by atoms with Crippen molar-refractivity contribution in [3.63, 3.8) is 0 Å². The van der Waals surface area contributed by atoms with Crippen LogP contribution in [0.4, 0.5) is 0 Å². The summed E-state index contributed by atoms with van der Waals surface area (Å²) in [5.41, 5.74) is 2.30. The Morgan fingerprint density at radius 3 is 2.62 bits per heavy atom. The van der Waals surface area contributed by atoms with E-state index >= 15 is 0 Å². The van der Waals surface area contributed by atoms with Gasteiger partial charge in [0.05, 0.1) is 17.7 Å². The standard InChI is InChI=1S/C16H21N5O3/c1-10-12(4-5-19(10)2)16(24)21-7-11(6-15(22)23)13(8-21)14-9-20(3)18-17-14/h4-5,9,11,13H,6-8H2,1-3H3,(H,22,23)/t11-,13+/m1/s1. The molecule has 0 spiro atoms. The molecule has 1 aliphatic heterocycles. The molecule has 2 atom stereocenters. The lowest BCUT2D eigenvalue weighted by Gasteiger charge is -2.16. The van der Waals surface area contributed by atoms with Crippen molar-refractivity contribution in [2.75, 3.05) is 13.1 Å². The normalized spacial score (nSPS) is 20.5. The number of aromatic nitrogens is 4. The predicted octanol–water partition coefficient (Wildman–Crippen LogP) is 0.793. The van der Waals surface area contributed by atoms with Crippen LogP contribution >= 0.6 is 0 Å². The Balaban J connectivity index is 1.84. The van der Waals surface area contributed by atoms with Crippen LogP contribution in [0.25, 0.3) is 0 Å². The number of aryl methyl sites for hydroxylation is 2. The van der Waals surface area contributed by atoms with Crippen LogP contribution in [-0.2, 0) is 18.9 Å². The molecule has 3 rings (SSSR count). The molecule has 0 aliphatic carbocycles. The number of amides is 1. The molecule has 0 aromatic carbocycles. The van der Waals surface area contributed by atoms with Crippen molar-refractivity contribution in [1.29, 1.82) is 0 Å². The molecule has 128 valence electrons. The van der Waals surface area contributed by atoms with E-state index in [-0.39, 0.29) is 24.2 Å². The van der Waals surface area contributed by atoms with E-state index in [0.29, 0.717) is 18.7 Å². The summed E-state index contributed by atoms with van der Waals surface area (Å²) in [4.78, 5) is 25.7. The second-order valence-corrected chi connectivity index (χ2v) is 6.42. The molecule has 1 saturated heterocycles. The van der Waals surface area contributed by atoms with E-state index in [1.54, 1.807) is 28.9 Å². The number of likely N-dealkylation sites (tertiary alicyclic amines) is 1. The minimum Gasteiger partial charge on any atom is -0.481 e. The molecule has 8 nitrogen and oxygen atoms in total. The van der Waals surface area contributed by atoms with Gasteiger partial charge < -0.3 is 14.6 Å². The zero-order valence-corrected chi connectivity index (χ0v) is 14.0. The molecule has 1 N–H and O–H groups in total. The van der Waals surface area contributed by atoms with Crippen molar-refractivity contribution in [3.05, 3.63) is 35.4 Å². The van der Waals surface area contributed by atoms with E-state index in [1.807, 2.05) is 24.7 Å². The molecule has 1 fully saturated rings. The number of carboxylic acids is 1. The van der Waals surface area contributed by atoms with E-state index in [9.17, 15) is 14.7 Å². The molecule has 0 unspecified atom stereocenters. The first-order chi connectivity index (χ1) is 11.4. The third-order valence-electron chi connectivity index (χ3n) is 4.78. The molecule has 0 bridgehead atoms. The van der Waals surface area contributed by atoms with Gasteiger partial charge in [-0.15, -0.1) is 5.10 Å². The molecule has 2 aromatic rings. The number of carboxylic acid groups (broad SMARTS) is 1. The van der Waals surface area contributed by atoms with Crippen molar-refractivity contribution in [2.24, 2.45) is 20.0 Å². The smallest absolute Gasteiger partial charge is 0.303 e. The van der Waals surface area contributed by atoms with Gasteiger partial charge in [-0.05, 0) is 18.9 Å². The first kappa shape index (κ1) is 16.2. The molecule has 8 heteroatoms. The Hall–Kier alpha value is -2.64. The number of aliphatic carboxylic acids is 1. The van der Waals surface area contributed by atoms with E-state index in [1.165, 1.54) is 0 Å². The fraction of sp³-hybridized carbons (Fsp3) is 0.500. The van der Waals surface area contributed by atoms with Crippen molar-refractivity contribution >= 4 is 11.9 Å². The van der Waals surface area contributed by atoms with Crippen LogP contribution in [0.2, 0.25) is 0 Å². The van der Waals surface area contributed by atoms with Crippen LogP contribution in [-0.4, -0.2) is 54.5 Å². The molecular formula is C16H21N5O3. The minimum atomic E-state index is -0.862. The van der Waals surface area contributed by atoms with E-state index in [2.05, 4.69) is 10.3 Å². The topological polar surface area (TPSA) is 93.2 Å². The summed E-state index contributed by atoms with van der Waals surface area (Å²) in [7, 11) is 3.67. The maximum absolute atomic E-state index is 12.8. The summed E-state index contributed by atoms with van der Waals surface area (Å²) < 4.78 is 3.50. The molecule has 3 heterocycles. The highest BCUT2D eigenvalue weighted by atomic mass is 16.4. The number of carbonyl (C=O) groups excluding carboxylic acids is 1. The highest BCUT2D eigenvalue weighted by molar-refractivity contribution is 5.95. The first-order valence-corrected chi connectivity index (χ1v) is 7.86. The molecule has 2 aromatic heterocycles. The summed E-state index contributed by atoms with van der Waals surface area (Å²) in [5.74, 6) is -1.19. The predicted molar refractivity (Wildman–Crippen MR) is 85.5 cm³/mol. The van der Waals surface area contributed by atoms with Crippen LogP contribution in [0, 0.1) is 12.8 Å². The lowest BCUT2D eigenvalue weighted by molar-refractivity contribution is -0.138. The number of hydrogen-bond donors (Lipinski definition) is 1. The van der Waals surface area contributed by atoms with Crippen molar-refractivity contribution in [1.82, 2.24) is 24.5 Å². The maximum atomic E-state index is 12.8. The Morgan fingerprint density at radius 2 is 2.08 bits per heavy atom. The third kappa shape index (κ3) is 2.91. The van der Waals surface area contributed by atoms with Gasteiger partial charge in [0, 0.05) is 51.2 Å². The van der Waals surface area contributed by atoms with Crippen LogP contribution < -0.4 is 0 Å².